The quantitative estimate of drug-likeness (QED) is 0.734. The third-order valence-electron chi connectivity index (χ3n) is 2.74. The number of carbonyl (C=O) groups excluding carboxylic acids is 1. The van der Waals surface area contributed by atoms with Gasteiger partial charge >= 0.3 is 0 Å². The molecule has 0 radical (unpaired) electrons. The Morgan fingerprint density at radius 1 is 1.50 bits per heavy atom. The molecule has 2 N–H and O–H groups in total. The molecule has 1 aliphatic rings. The summed E-state index contributed by atoms with van der Waals surface area (Å²) in [5.41, 5.74) is 5.58. The van der Waals surface area contributed by atoms with Crippen molar-refractivity contribution in [2.24, 2.45) is 5.73 Å². The average molecular weight is 191 g/mol. The molecule has 2 rings (SSSR count). The largest absolute Gasteiger partial charge is 0.367 e. The first kappa shape index (κ1) is 9.21. The summed E-state index contributed by atoms with van der Waals surface area (Å²) in [7, 11) is 0. The molecule has 14 heavy (non-hydrogen) atoms. The number of epoxide rings is 1. The van der Waals surface area contributed by atoms with Gasteiger partial charge in [0.2, 0.25) is 0 Å². The lowest BCUT2D eigenvalue weighted by molar-refractivity contribution is -0.123. The highest BCUT2D eigenvalue weighted by molar-refractivity contribution is 5.87. The van der Waals surface area contributed by atoms with Gasteiger partial charge in [-0.3, -0.25) is 4.79 Å². The maximum atomic E-state index is 11.2. The van der Waals surface area contributed by atoms with Crippen molar-refractivity contribution in [2.45, 2.75) is 25.0 Å². The number of benzene rings is 1. The summed E-state index contributed by atoms with van der Waals surface area (Å²) in [5.74, 6) is -0.367. The van der Waals surface area contributed by atoms with Crippen LogP contribution in [0.3, 0.4) is 0 Å². The summed E-state index contributed by atoms with van der Waals surface area (Å²) in [4.78, 5) is 11.2. The van der Waals surface area contributed by atoms with Gasteiger partial charge in [-0.2, -0.15) is 0 Å². The number of amides is 1. The molecule has 0 saturated carbocycles. The van der Waals surface area contributed by atoms with E-state index in [2.05, 4.69) is 0 Å². The normalized spacial score (nSPS) is 29.9. The number of hydrogen-bond acceptors (Lipinski definition) is 2. The van der Waals surface area contributed by atoms with Gasteiger partial charge in [-0.25, -0.2) is 0 Å². The van der Waals surface area contributed by atoms with E-state index in [-0.39, 0.29) is 12.0 Å². The van der Waals surface area contributed by atoms with Gasteiger partial charge in [0.25, 0.3) is 5.91 Å². The second-order valence-corrected chi connectivity index (χ2v) is 3.52. The van der Waals surface area contributed by atoms with Crippen LogP contribution in [0.2, 0.25) is 0 Å². The minimum absolute atomic E-state index is 0.147. The SMILES string of the molecule is CC[C@@]1(C(N)=O)O[C@H]1c1ccccc1. The maximum Gasteiger partial charge on any atom is 0.252 e. The van der Waals surface area contributed by atoms with E-state index in [0.29, 0.717) is 6.42 Å². The van der Waals surface area contributed by atoms with Crippen LogP contribution in [0, 0.1) is 0 Å². The molecule has 3 heteroatoms. The molecule has 0 spiro atoms. The van der Waals surface area contributed by atoms with Gasteiger partial charge in [0, 0.05) is 0 Å². The topological polar surface area (TPSA) is 55.6 Å². The van der Waals surface area contributed by atoms with Crippen molar-refractivity contribution < 1.29 is 9.53 Å². The van der Waals surface area contributed by atoms with Crippen molar-refractivity contribution in [2.75, 3.05) is 0 Å². The number of carbonyl (C=O) groups is 1. The molecule has 0 unspecified atom stereocenters. The van der Waals surface area contributed by atoms with Crippen molar-refractivity contribution in [3.63, 3.8) is 0 Å². The van der Waals surface area contributed by atoms with E-state index in [4.69, 9.17) is 10.5 Å². The molecule has 1 aliphatic heterocycles. The Balaban J connectivity index is 2.22. The standard InChI is InChI=1S/C11H13NO2/c1-2-11(10(12)13)9(14-11)8-6-4-3-5-7-8/h3-7,9H,2H2,1H3,(H2,12,13)/t9-,11+/m0/s1. The molecule has 74 valence electrons. The van der Waals surface area contributed by atoms with Crippen LogP contribution in [0.5, 0.6) is 0 Å². The second-order valence-electron chi connectivity index (χ2n) is 3.52. The minimum Gasteiger partial charge on any atom is -0.367 e. The van der Waals surface area contributed by atoms with Crippen LogP contribution in [0.1, 0.15) is 25.0 Å². The molecule has 1 aromatic carbocycles. The fraction of sp³-hybridized carbons (Fsp3) is 0.364. The van der Waals surface area contributed by atoms with E-state index in [1.165, 1.54) is 0 Å². The molecule has 2 atom stereocenters. The van der Waals surface area contributed by atoms with Crippen molar-refractivity contribution in [1.82, 2.24) is 0 Å². The number of nitrogens with two attached hydrogens (primary N) is 1. The van der Waals surface area contributed by atoms with Crippen LogP contribution in [-0.2, 0) is 9.53 Å². The van der Waals surface area contributed by atoms with Gasteiger partial charge < -0.3 is 10.5 Å². The number of rotatable bonds is 3. The molecular weight excluding hydrogens is 178 g/mol. The first-order chi connectivity index (χ1) is 6.70. The van der Waals surface area contributed by atoms with E-state index in [1.54, 1.807) is 0 Å². The van der Waals surface area contributed by atoms with Gasteiger partial charge in [-0.1, -0.05) is 37.3 Å². The van der Waals surface area contributed by atoms with Crippen molar-refractivity contribution in [1.29, 1.82) is 0 Å². The molecule has 1 amide bonds. The van der Waals surface area contributed by atoms with E-state index in [9.17, 15) is 4.79 Å². The summed E-state index contributed by atoms with van der Waals surface area (Å²) in [6.07, 6.45) is 0.480. The van der Waals surface area contributed by atoms with Crippen molar-refractivity contribution in [3.05, 3.63) is 35.9 Å². The molecule has 1 fully saturated rings. The molecule has 1 aromatic rings. The van der Waals surface area contributed by atoms with E-state index in [0.717, 1.165) is 5.56 Å². The Morgan fingerprint density at radius 2 is 2.14 bits per heavy atom. The van der Waals surface area contributed by atoms with Crippen LogP contribution < -0.4 is 5.73 Å². The summed E-state index contributed by atoms with van der Waals surface area (Å²) in [6.45, 7) is 1.91. The van der Waals surface area contributed by atoms with Crippen LogP contribution in [-0.4, -0.2) is 11.5 Å². The Morgan fingerprint density at radius 3 is 2.57 bits per heavy atom. The zero-order chi connectivity index (χ0) is 10.2. The van der Waals surface area contributed by atoms with E-state index < -0.39 is 5.60 Å². The van der Waals surface area contributed by atoms with E-state index in [1.807, 2.05) is 37.3 Å². The third kappa shape index (κ3) is 1.21. The monoisotopic (exact) mass is 191 g/mol. The minimum atomic E-state index is -0.749. The molecule has 0 bridgehead atoms. The third-order valence-corrected chi connectivity index (χ3v) is 2.74. The maximum absolute atomic E-state index is 11.2. The number of hydrogen-bond donors (Lipinski definition) is 1. The lowest BCUT2D eigenvalue weighted by atomic mass is 9.96. The average Bonchev–Trinajstić information content (AvgIpc) is 2.95. The first-order valence-corrected chi connectivity index (χ1v) is 4.73. The Kier molecular flexibility index (Phi) is 2.04. The molecular formula is C11H13NO2. The van der Waals surface area contributed by atoms with Crippen LogP contribution >= 0.6 is 0 Å². The number of ether oxygens (including phenoxy) is 1. The molecule has 1 saturated heterocycles. The van der Waals surface area contributed by atoms with Gasteiger partial charge in [0.15, 0.2) is 5.60 Å². The van der Waals surface area contributed by atoms with Crippen LogP contribution in [0.15, 0.2) is 30.3 Å². The molecule has 0 aromatic heterocycles. The first-order valence-electron chi connectivity index (χ1n) is 4.73. The highest BCUT2D eigenvalue weighted by atomic mass is 16.6. The highest BCUT2D eigenvalue weighted by Crippen LogP contribution is 2.51. The lowest BCUT2D eigenvalue weighted by Crippen LogP contribution is -2.31. The van der Waals surface area contributed by atoms with Crippen LogP contribution in [0.25, 0.3) is 0 Å². The molecule has 0 aliphatic carbocycles. The Labute approximate surface area is 82.9 Å². The van der Waals surface area contributed by atoms with Crippen molar-refractivity contribution in [3.8, 4) is 0 Å². The highest BCUT2D eigenvalue weighted by Gasteiger charge is 2.60. The molecule has 3 nitrogen and oxygen atoms in total. The second kappa shape index (κ2) is 3.10. The zero-order valence-electron chi connectivity index (χ0n) is 8.07. The van der Waals surface area contributed by atoms with Gasteiger partial charge in [-0.15, -0.1) is 0 Å². The lowest BCUT2D eigenvalue weighted by Gasteiger charge is -2.04. The zero-order valence-corrected chi connectivity index (χ0v) is 8.07. The Bertz CT molecular complexity index is 350. The fourth-order valence-corrected chi connectivity index (χ4v) is 1.77. The summed E-state index contributed by atoms with van der Waals surface area (Å²) in [6, 6.07) is 9.69. The number of primary amides is 1. The van der Waals surface area contributed by atoms with Gasteiger partial charge in [0.05, 0.1) is 0 Å². The fourth-order valence-electron chi connectivity index (χ4n) is 1.77. The van der Waals surface area contributed by atoms with E-state index >= 15 is 0 Å². The van der Waals surface area contributed by atoms with Gasteiger partial charge in [0.1, 0.15) is 6.10 Å². The van der Waals surface area contributed by atoms with Gasteiger partial charge in [-0.05, 0) is 12.0 Å². The smallest absolute Gasteiger partial charge is 0.252 e. The van der Waals surface area contributed by atoms with Crippen LogP contribution in [0.4, 0.5) is 0 Å². The summed E-state index contributed by atoms with van der Waals surface area (Å²) < 4.78 is 5.43. The van der Waals surface area contributed by atoms with Crippen molar-refractivity contribution >= 4 is 5.91 Å². The summed E-state index contributed by atoms with van der Waals surface area (Å²) in [5, 5.41) is 0. The predicted molar refractivity (Wildman–Crippen MR) is 52.5 cm³/mol. The predicted octanol–water partition coefficient (Wildman–Crippen LogP) is 1.39. The molecule has 1 heterocycles. The Hall–Kier alpha value is -1.35. The summed E-state index contributed by atoms with van der Waals surface area (Å²) >= 11 is 0.